The van der Waals surface area contributed by atoms with Gasteiger partial charge in [-0.05, 0) is 119 Å². The predicted molar refractivity (Wildman–Crippen MR) is 332 cm³/mol. The molecule has 2 spiro atoms. The predicted octanol–water partition coefficient (Wildman–Crippen LogP) is 6.51. The number of fused-ring (bicyclic) bond motifs is 8. The number of carbonyl (C=O) groups is 6. The number of hydrogen-bond acceptors (Lipinski definition) is 13. The lowest BCUT2D eigenvalue weighted by atomic mass is 9.79. The van der Waals surface area contributed by atoms with Gasteiger partial charge in [0.25, 0.3) is 11.8 Å². The van der Waals surface area contributed by atoms with E-state index in [0.717, 1.165) is 55.6 Å². The van der Waals surface area contributed by atoms with Gasteiger partial charge in [0.05, 0.1) is 76.9 Å². The summed E-state index contributed by atoms with van der Waals surface area (Å²) in [6.07, 6.45) is 14.3. The minimum absolute atomic E-state index is 0.0731. The number of benzene rings is 4. The van der Waals surface area contributed by atoms with Gasteiger partial charge in [-0.15, -0.1) is 0 Å². The van der Waals surface area contributed by atoms with Crippen molar-refractivity contribution in [1.29, 1.82) is 0 Å². The molecule has 8 aliphatic rings. The van der Waals surface area contributed by atoms with E-state index in [1.165, 1.54) is 0 Å². The molecule has 0 saturated carbocycles. The Labute approximate surface area is 516 Å². The zero-order valence-corrected chi connectivity index (χ0v) is 49.6. The molecule has 4 unspecified atom stereocenters. The molecule has 2 fully saturated rings. The fourth-order valence-corrected chi connectivity index (χ4v) is 13.9. The molecule has 14 rings (SSSR count). The number of amides is 6. The Bertz CT molecular complexity index is 3750. The molecule has 6 aromatic rings. The Morgan fingerprint density at radius 3 is 1.29 bits per heavy atom. The van der Waals surface area contributed by atoms with Gasteiger partial charge in [0.15, 0.2) is 0 Å². The highest BCUT2D eigenvalue weighted by Gasteiger charge is 2.53. The summed E-state index contributed by atoms with van der Waals surface area (Å²) < 4.78 is 28.6. The summed E-state index contributed by atoms with van der Waals surface area (Å²) >= 11 is 0. The summed E-state index contributed by atoms with van der Waals surface area (Å²) in [5.41, 5.74) is 9.17. The first-order valence-corrected chi connectivity index (χ1v) is 30.9. The van der Waals surface area contributed by atoms with Crippen LogP contribution in [0.1, 0.15) is 101 Å². The Kier molecular flexibility index (Phi) is 17.4. The summed E-state index contributed by atoms with van der Waals surface area (Å²) in [5.74, 6) is 0.362. The van der Waals surface area contributed by atoms with Crippen LogP contribution in [0.5, 0.6) is 0 Å². The van der Waals surface area contributed by atoms with Gasteiger partial charge in [-0.3, -0.25) is 28.8 Å². The minimum Gasteiger partial charge on any atom is -0.377 e. The van der Waals surface area contributed by atoms with Crippen molar-refractivity contribution in [2.24, 2.45) is 0 Å². The largest absolute Gasteiger partial charge is 0.377 e. The van der Waals surface area contributed by atoms with Crippen LogP contribution in [-0.4, -0.2) is 160 Å². The first-order valence-electron chi connectivity index (χ1n) is 30.9. The number of piperidine rings is 2. The first-order chi connectivity index (χ1) is 43.5. The second-order valence-corrected chi connectivity index (χ2v) is 24.2. The smallest absolute Gasteiger partial charge is 0.251 e. The molecular weight excluding hydrogens is 1130 g/mol. The van der Waals surface area contributed by atoms with Crippen LogP contribution < -0.4 is 21.3 Å². The van der Waals surface area contributed by atoms with E-state index in [2.05, 4.69) is 55.5 Å². The van der Waals surface area contributed by atoms with E-state index in [1.54, 1.807) is 34.3 Å². The molecule has 6 amide bonds. The minimum atomic E-state index is -0.783. The summed E-state index contributed by atoms with van der Waals surface area (Å²) in [7, 11) is 0. The molecule has 4 aromatic carbocycles. The summed E-state index contributed by atoms with van der Waals surface area (Å²) in [5, 5.41) is 12.0. The molecule has 14 bridgehead atoms. The van der Waals surface area contributed by atoms with Gasteiger partial charge < -0.3 is 54.8 Å². The van der Waals surface area contributed by atoms with Crippen LogP contribution in [0.3, 0.4) is 0 Å². The first kappa shape index (κ1) is 59.3. The second kappa shape index (κ2) is 26.2. The van der Waals surface area contributed by atoms with Crippen molar-refractivity contribution in [3.05, 3.63) is 201 Å². The number of ether oxygens (including phenoxy) is 5. The Morgan fingerprint density at radius 1 is 0.449 bits per heavy atom. The molecule has 6 aliphatic heterocycles. The average molecular weight is 1200 g/mol. The number of nitrogens with one attached hydrogen (secondary N) is 4. The number of aromatic nitrogens is 2. The van der Waals surface area contributed by atoms with Gasteiger partial charge in [-0.1, -0.05) is 97.1 Å². The zero-order chi connectivity index (χ0) is 60.9. The fraction of sp³-hybridized carbons (Fsp3) is 0.371. The lowest BCUT2D eigenvalue weighted by molar-refractivity contribution is -0.137. The van der Waals surface area contributed by atoms with Crippen LogP contribution in [0.15, 0.2) is 134 Å². The highest BCUT2D eigenvalue weighted by molar-refractivity contribution is 6.08. The highest BCUT2D eigenvalue weighted by Crippen LogP contribution is 2.49. The van der Waals surface area contributed by atoms with Crippen LogP contribution in [0.25, 0.3) is 12.2 Å². The Balaban J connectivity index is 0.000000164. The van der Waals surface area contributed by atoms with Crippen LogP contribution in [0.4, 0.5) is 11.6 Å². The van der Waals surface area contributed by atoms with E-state index in [4.69, 9.17) is 23.7 Å². The maximum Gasteiger partial charge on any atom is 0.251 e. The second-order valence-electron chi connectivity index (χ2n) is 24.2. The summed E-state index contributed by atoms with van der Waals surface area (Å²) in [6.45, 7) is 6.14. The molecule has 2 saturated heterocycles. The van der Waals surface area contributed by atoms with Crippen molar-refractivity contribution < 1.29 is 52.5 Å². The van der Waals surface area contributed by atoms with E-state index < -0.39 is 22.9 Å². The van der Waals surface area contributed by atoms with Crippen molar-refractivity contribution >= 4 is 59.2 Å². The van der Waals surface area contributed by atoms with E-state index in [1.807, 2.05) is 97.1 Å². The SMILES string of the molecule is O=C1NC2CC(c3ccccc3)CN(CCOCCOC/C=C/c3cnc4c(c3)[C@]3(Cc5ccc1cc5C3)C(=O)N4)C2=O.O=C1NC2CC(c3ccccc3)CN(CCOCCOCCOC/C=C/c3cnc4c(c3)[C@]3(Cc5ccc1cc5C3)C(=O)N4)C2=O. The molecule has 2 aliphatic carbocycles. The van der Waals surface area contributed by atoms with Crippen molar-refractivity contribution in [2.75, 3.05) is 103 Å². The zero-order valence-electron chi connectivity index (χ0n) is 49.6. The van der Waals surface area contributed by atoms with Gasteiger partial charge in [-0.25, -0.2) is 9.97 Å². The topological polar surface area (TPSA) is 229 Å². The van der Waals surface area contributed by atoms with Gasteiger partial charge in [0.1, 0.15) is 23.7 Å². The van der Waals surface area contributed by atoms with Crippen LogP contribution >= 0.6 is 0 Å². The number of anilines is 2. The van der Waals surface area contributed by atoms with Crippen LogP contribution in [-0.2, 0) is 79.4 Å². The fourth-order valence-electron chi connectivity index (χ4n) is 13.9. The number of rotatable bonds is 2. The van der Waals surface area contributed by atoms with E-state index in [9.17, 15) is 28.8 Å². The highest BCUT2D eigenvalue weighted by atomic mass is 16.5. The van der Waals surface area contributed by atoms with Crippen LogP contribution in [0, 0.1) is 0 Å². The van der Waals surface area contributed by atoms with Gasteiger partial charge >= 0.3 is 0 Å². The molecule has 2 aromatic heterocycles. The number of carbonyl (C=O) groups excluding carboxylic acids is 6. The lowest BCUT2D eigenvalue weighted by Gasteiger charge is -2.38. The van der Waals surface area contributed by atoms with E-state index in [0.29, 0.717) is 154 Å². The third-order valence-electron chi connectivity index (χ3n) is 18.6. The van der Waals surface area contributed by atoms with Crippen molar-refractivity contribution in [3.63, 3.8) is 0 Å². The Morgan fingerprint density at radius 2 is 0.854 bits per heavy atom. The normalized spacial score (nSPS) is 26.2. The molecule has 0 radical (unpaired) electrons. The molecule has 458 valence electrons. The van der Waals surface area contributed by atoms with Crippen molar-refractivity contribution in [1.82, 2.24) is 30.4 Å². The monoisotopic (exact) mass is 1200 g/mol. The molecule has 4 N–H and O–H groups in total. The number of hydrogen-bond donors (Lipinski definition) is 4. The average Bonchev–Trinajstić information content (AvgIpc) is 1.66. The molecular formula is C70H72N8O11. The Hall–Kier alpha value is -8.72. The van der Waals surface area contributed by atoms with Crippen LogP contribution in [0.2, 0.25) is 0 Å². The number of pyridine rings is 2. The van der Waals surface area contributed by atoms with Crippen molar-refractivity contribution in [2.45, 2.75) is 73.3 Å². The van der Waals surface area contributed by atoms with Gasteiger partial charge in [0, 0.05) is 72.7 Å². The summed E-state index contributed by atoms with van der Waals surface area (Å²) in [4.78, 5) is 94.0. The van der Waals surface area contributed by atoms with E-state index in [-0.39, 0.29) is 47.3 Å². The van der Waals surface area contributed by atoms with E-state index >= 15 is 0 Å². The van der Waals surface area contributed by atoms with Crippen molar-refractivity contribution in [3.8, 4) is 0 Å². The maximum atomic E-state index is 13.7. The molecule has 6 atom stereocenters. The summed E-state index contributed by atoms with van der Waals surface area (Å²) in [6, 6.07) is 34.1. The molecule has 8 heterocycles. The molecule has 19 nitrogen and oxygen atoms in total. The number of nitrogens with zero attached hydrogens (tertiary/aromatic N) is 4. The van der Waals surface area contributed by atoms with Gasteiger partial charge in [-0.2, -0.15) is 0 Å². The lowest BCUT2D eigenvalue weighted by Crippen LogP contribution is -2.55. The quantitative estimate of drug-likeness (QED) is 0.145. The maximum absolute atomic E-state index is 13.7. The molecule has 89 heavy (non-hydrogen) atoms. The van der Waals surface area contributed by atoms with Gasteiger partial charge in [0.2, 0.25) is 23.6 Å². The standard InChI is InChI=1S/C36H38N4O6.C34H34N4O5/c41-33-26-8-9-27-20-36(21-28(27)18-26)30-17-24(22-37-32(30)39-35(36)43)5-4-11-44-13-15-46-16-14-45-12-10-40-23-29(19-31(38-33)34(40)42)25-6-2-1-3-7-25;39-31-24-8-9-25-18-34(19-26(25)16-24)28-15-22(20-35-30(28)37-33(34)41)5-4-11-42-13-14-43-12-10-38-21-27(17-29(36-31)32(38)40)23-6-2-1-3-7-23/h1-9,17-18,22,29,31H,10-16,19-21,23H2,(H,38,41)(H,37,39,43);1-9,15-16,20,27,29H,10-14,17-19,21H2,(H,36,39)(H,35,37,41)/b2*5-4+/t29?,31?,36-;27?,29?,34-/m11/s1. The third kappa shape index (κ3) is 12.5. The molecule has 19 heteroatoms. The third-order valence-corrected chi connectivity index (χ3v) is 18.6.